The van der Waals surface area contributed by atoms with E-state index in [1.807, 2.05) is 25.3 Å². The van der Waals surface area contributed by atoms with Crippen molar-refractivity contribution in [3.05, 3.63) is 42.0 Å². The molecule has 0 saturated carbocycles. The highest BCUT2D eigenvalue weighted by Gasteiger charge is 1.99. The summed E-state index contributed by atoms with van der Waals surface area (Å²) < 4.78 is 5.63. The first-order valence-corrected chi connectivity index (χ1v) is 5.76. The van der Waals surface area contributed by atoms with Crippen LogP contribution in [-0.2, 0) is 0 Å². The molecule has 0 aliphatic carbocycles. The van der Waals surface area contributed by atoms with E-state index in [1.165, 1.54) is 5.56 Å². The van der Waals surface area contributed by atoms with Crippen LogP contribution in [0.15, 0.2) is 36.4 Å². The molecule has 0 fully saturated rings. The highest BCUT2D eigenvalue weighted by molar-refractivity contribution is 5.30. The van der Waals surface area contributed by atoms with E-state index in [0.29, 0.717) is 12.5 Å². The van der Waals surface area contributed by atoms with Gasteiger partial charge in [0.05, 0.1) is 0 Å². The topological polar surface area (TPSA) is 21.3 Å². The molecule has 0 spiro atoms. The SMILES string of the molecule is CNC/C=C/COc1cccc(C(C)C)c1. The summed E-state index contributed by atoms with van der Waals surface area (Å²) in [5.41, 5.74) is 1.32. The summed E-state index contributed by atoms with van der Waals surface area (Å²) in [6.45, 7) is 5.89. The first-order chi connectivity index (χ1) is 7.74. The fourth-order valence-corrected chi connectivity index (χ4v) is 1.38. The van der Waals surface area contributed by atoms with Gasteiger partial charge in [-0.25, -0.2) is 0 Å². The van der Waals surface area contributed by atoms with Crippen molar-refractivity contribution in [3.63, 3.8) is 0 Å². The molecule has 1 N–H and O–H groups in total. The Balaban J connectivity index is 2.45. The van der Waals surface area contributed by atoms with Crippen LogP contribution in [0.5, 0.6) is 5.75 Å². The van der Waals surface area contributed by atoms with Gasteiger partial charge in [-0.1, -0.05) is 38.1 Å². The molecule has 0 aromatic heterocycles. The van der Waals surface area contributed by atoms with E-state index in [-0.39, 0.29) is 0 Å². The van der Waals surface area contributed by atoms with Crippen molar-refractivity contribution in [2.24, 2.45) is 0 Å². The van der Waals surface area contributed by atoms with Crippen LogP contribution < -0.4 is 10.1 Å². The second-order valence-corrected chi connectivity index (χ2v) is 4.07. The Bertz CT molecular complexity index is 331. The normalized spacial score (nSPS) is 11.2. The molecule has 0 aliphatic rings. The molecule has 2 heteroatoms. The molecule has 0 bridgehead atoms. The van der Waals surface area contributed by atoms with Gasteiger partial charge in [0.25, 0.3) is 0 Å². The monoisotopic (exact) mass is 219 g/mol. The van der Waals surface area contributed by atoms with Crippen molar-refractivity contribution in [2.45, 2.75) is 19.8 Å². The minimum absolute atomic E-state index is 0.545. The zero-order chi connectivity index (χ0) is 11.8. The van der Waals surface area contributed by atoms with Crippen molar-refractivity contribution < 1.29 is 4.74 Å². The average molecular weight is 219 g/mol. The maximum Gasteiger partial charge on any atom is 0.120 e. The largest absolute Gasteiger partial charge is 0.490 e. The number of rotatable bonds is 6. The lowest BCUT2D eigenvalue weighted by Gasteiger charge is -2.08. The molecule has 88 valence electrons. The smallest absolute Gasteiger partial charge is 0.120 e. The van der Waals surface area contributed by atoms with Crippen molar-refractivity contribution in [1.29, 1.82) is 0 Å². The average Bonchev–Trinajstić information content (AvgIpc) is 2.29. The number of hydrogen-bond acceptors (Lipinski definition) is 2. The van der Waals surface area contributed by atoms with E-state index in [1.54, 1.807) is 0 Å². The molecule has 0 heterocycles. The van der Waals surface area contributed by atoms with Gasteiger partial charge in [-0.15, -0.1) is 0 Å². The van der Waals surface area contributed by atoms with Crippen LogP contribution in [-0.4, -0.2) is 20.2 Å². The summed E-state index contributed by atoms with van der Waals surface area (Å²) in [7, 11) is 1.93. The van der Waals surface area contributed by atoms with Gasteiger partial charge < -0.3 is 10.1 Å². The van der Waals surface area contributed by atoms with Gasteiger partial charge in [-0.05, 0) is 30.7 Å². The van der Waals surface area contributed by atoms with Gasteiger partial charge in [-0.2, -0.15) is 0 Å². The first-order valence-electron chi connectivity index (χ1n) is 5.76. The second kappa shape index (κ2) is 7.07. The summed E-state index contributed by atoms with van der Waals surface area (Å²) in [6.07, 6.45) is 4.09. The lowest BCUT2D eigenvalue weighted by Crippen LogP contribution is -2.04. The van der Waals surface area contributed by atoms with Gasteiger partial charge in [-0.3, -0.25) is 0 Å². The lowest BCUT2D eigenvalue weighted by atomic mass is 10.0. The maximum absolute atomic E-state index is 5.63. The van der Waals surface area contributed by atoms with E-state index < -0.39 is 0 Å². The summed E-state index contributed by atoms with van der Waals surface area (Å²) >= 11 is 0. The van der Waals surface area contributed by atoms with Crippen LogP contribution in [0.3, 0.4) is 0 Å². The predicted molar refractivity (Wildman–Crippen MR) is 69.1 cm³/mol. The van der Waals surface area contributed by atoms with Gasteiger partial charge in [0, 0.05) is 6.54 Å². The van der Waals surface area contributed by atoms with Gasteiger partial charge >= 0.3 is 0 Å². The molecule has 0 aliphatic heterocycles. The van der Waals surface area contributed by atoms with Crippen LogP contribution in [0.25, 0.3) is 0 Å². The summed E-state index contributed by atoms with van der Waals surface area (Å²) in [6, 6.07) is 8.28. The third kappa shape index (κ3) is 4.49. The molecule has 0 unspecified atom stereocenters. The van der Waals surface area contributed by atoms with Gasteiger partial charge in [0.15, 0.2) is 0 Å². The Labute approximate surface area is 98.3 Å². The Morgan fingerprint density at radius 1 is 1.31 bits per heavy atom. The molecule has 1 aromatic rings. The number of ether oxygens (including phenoxy) is 1. The number of nitrogens with one attached hydrogen (secondary N) is 1. The quantitative estimate of drug-likeness (QED) is 0.743. The number of benzene rings is 1. The Hall–Kier alpha value is -1.28. The predicted octanol–water partition coefficient (Wildman–Crippen LogP) is 2.96. The molecule has 0 radical (unpaired) electrons. The molecule has 1 rings (SSSR count). The fraction of sp³-hybridized carbons (Fsp3) is 0.429. The standard InChI is InChI=1S/C14H21NO/c1-12(2)13-7-6-8-14(11-13)16-10-5-4-9-15-3/h4-8,11-12,15H,9-10H2,1-3H3/b5-4+. The summed E-state index contributed by atoms with van der Waals surface area (Å²) in [4.78, 5) is 0. The van der Waals surface area contributed by atoms with Gasteiger partial charge in [0.1, 0.15) is 12.4 Å². The van der Waals surface area contributed by atoms with Crippen LogP contribution >= 0.6 is 0 Å². The third-order valence-electron chi connectivity index (χ3n) is 2.36. The fourth-order valence-electron chi connectivity index (χ4n) is 1.38. The van der Waals surface area contributed by atoms with E-state index in [9.17, 15) is 0 Å². The van der Waals surface area contributed by atoms with Crippen molar-refractivity contribution in [1.82, 2.24) is 5.32 Å². The highest BCUT2D eigenvalue weighted by Crippen LogP contribution is 2.19. The molecule has 0 atom stereocenters. The minimum atomic E-state index is 0.545. The van der Waals surface area contributed by atoms with Crippen LogP contribution in [0.4, 0.5) is 0 Å². The molecular weight excluding hydrogens is 198 g/mol. The maximum atomic E-state index is 5.63. The zero-order valence-corrected chi connectivity index (χ0v) is 10.4. The molecule has 0 saturated heterocycles. The van der Waals surface area contributed by atoms with Crippen molar-refractivity contribution >= 4 is 0 Å². The summed E-state index contributed by atoms with van der Waals surface area (Å²) in [5.74, 6) is 1.49. The molecule has 1 aromatic carbocycles. The number of hydrogen-bond donors (Lipinski definition) is 1. The van der Waals surface area contributed by atoms with Crippen molar-refractivity contribution in [2.75, 3.05) is 20.2 Å². The Morgan fingerprint density at radius 2 is 2.12 bits per heavy atom. The molecular formula is C14H21NO. The van der Waals surface area contributed by atoms with Crippen molar-refractivity contribution in [3.8, 4) is 5.75 Å². The third-order valence-corrected chi connectivity index (χ3v) is 2.36. The molecule has 0 amide bonds. The number of likely N-dealkylation sites (N-methyl/N-ethyl adjacent to an activating group) is 1. The Morgan fingerprint density at radius 3 is 2.81 bits per heavy atom. The van der Waals surface area contributed by atoms with Crippen LogP contribution in [0.2, 0.25) is 0 Å². The van der Waals surface area contributed by atoms with E-state index >= 15 is 0 Å². The van der Waals surface area contributed by atoms with Crippen LogP contribution in [0.1, 0.15) is 25.3 Å². The molecule has 16 heavy (non-hydrogen) atoms. The second-order valence-electron chi connectivity index (χ2n) is 4.07. The van der Waals surface area contributed by atoms with E-state index in [4.69, 9.17) is 4.74 Å². The zero-order valence-electron chi connectivity index (χ0n) is 10.4. The summed E-state index contributed by atoms with van der Waals surface area (Å²) in [5, 5.41) is 3.05. The Kier molecular flexibility index (Phi) is 5.65. The van der Waals surface area contributed by atoms with E-state index in [2.05, 4.69) is 37.4 Å². The minimum Gasteiger partial charge on any atom is -0.490 e. The highest BCUT2D eigenvalue weighted by atomic mass is 16.5. The molecule has 2 nitrogen and oxygen atoms in total. The lowest BCUT2D eigenvalue weighted by molar-refractivity contribution is 0.362. The van der Waals surface area contributed by atoms with Gasteiger partial charge in [0.2, 0.25) is 0 Å². The first kappa shape index (κ1) is 12.8. The van der Waals surface area contributed by atoms with Crippen LogP contribution in [0, 0.1) is 0 Å². The van der Waals surface area contributed by atoms with E-state index in [0.717, 1.165) is 12.3 Å².